The standard InChI is InChI=1S/C31H35N3O6S2/c1-5-33-26-11-10-22(42(37,38)32-12-14-40-15-13-32)18-24(26)25(29(33)35)17-21-16-19(2)34(20(21)3)30-28(31(36)39-4)23-8-6-7-9-27(23)41-30/h10-11,16-18H,5-9,12-15H2,1-4H3. The number of rotatable bonds is 6. The van der Waals surface area contributed by atoms with Crippen LogP contribution in [0.4, 0.5) is 5.69 Å². The molecule has 0 radical (unpaired) electrons. The molecule has 0 atom stereocenters. The van der Waals surface area contributed by atoms with Crippen molar-refractivity contribution >= 4 is 50.6 Å². The lowest BCUT2D eigenvalue weighted by molar-refractivity contribution is -0.112. The number of methoxy groups -OCH3 is 1. The van der Waals surface area contributed by atoms with Crippen LogP contribution < -0.4 is 4.90 Å². The van der Waals surface area contributed by atoms with Gasteiger partial charge in [0.15, 0.2) is 0 Å². The number of nitrogens with zero attached hydrogens (tertiary/aromatic N) is 3. The molecule has 3 aliphatic rings. The van der Waals surface area contributed by atoms with E-state index in [9.17, 15) is 18.0 Å². The summed E-state index contributed by atoms with van der Waals surface area (Å²) in [5.41, 5.74) is 6.14. The molecule has 1 amide bonds. The summed E-state index contributed by atoms with van der Waals surface area (Å²) in [6, 6.07) is 6.95. The second-order valence-electron chi connectivity index (χ2n) is 10.8. The van der Waals surface area contributed by atoms with Crippen LogP contribution in [0.2, 0.25) is 0 Å². The number of carbonyl (C=O) groups excluding carboxylic acids is 2. The van der Waals surface area contributed by atoms with Gasteiger partial charge in [-0.25, -0.2) is 13.2 Å². The molecule has 4 heterocycles. The minimum absolute atomic E-state index is 0.164. The molecule has 6 rings (SSSR count). The van der Waals surface area contributed by atoms with Gasteiger partial charge in [0.2, 0.25) is 10.0 Å². The number of aromatic nitrogens is 1. The third-order valence-electron chi connectivity index (χ3n) is 8.46. The van der Waals surface area contributed by atoms with Crippen LogP contribution in [0.15, 0.2) is 29.2 Å². The highest BCUT2D eigenvalue weighted by atomic mass is 32.2. The normalized spacial score (nSPS) is 18.4. The summed E-state index contributed by atoms with van der Waals surface area (Å²) in [4.78, 5) is 29.7. The highest BCUT2D eigenvalue weighted by Crippen LogP contribution is 2.42. The quantitative estimate of drug-likeness (QED) is 0.296. The first-order valence-electron chi connectivity index (χ1n) is 14.3. The fraction of sp³-hybridized carbons (Fsp3) is 0.419. The summed E-state index contributed by atoms with van der Waals surface area (Å²) in [7, 11) is -2.32. The lowest BCUT2D eigenvalue weighted by Gasteiger charge is -2.26. The summed E-state index contributed by atoms with van der Waals surface area (Å²) in [5.74, 6) is -0.496. The molecule has 11 heteroatoms. The number of benzene rings is 1. The zero-order valence-electron chi connectivity index (χ0n) is 24.4. The Morgan fingerprint density at radius 2 is 1.86 bits per heavy atom. The van der Waals surface area contributed by atoms with Crippen LogP contribution in [0.5, 0.6) is 0 Å². The molecule has 1 saturated heterocycles. The lowest BCUT2D eigenvalue weighted by Crippen LogP contribution is -2.40. The molecule has 3 aromatic rings. The van der Waals surface area contributed by atoms with Gasteiger partial charge in [0.1, 0.15) is 5.00 Å². The largest absolute Gasteiger partial charge is 0.465 e. The minimum Gasteiger partial charge on any atom is -0.465 e. The van der Waals surface area contributed by atoms with Crippen LogP contribution in [0, 0.1) is 13.8 Å². The average Bonchev–Trinajstić information content (AvgIpc) is 3.60. The summed E-state index contributed by atoms with van der Waals surface area (Å²) < 4.78 is 41.0. The van der Waals surface area contributed by atoms with Gasteiger partial charge in [0.25, 0.3) is 5.91 Å². The maximum Gasteiger partial charge on any atom is 0.341 e. The number of hydrogen-bond acceptors (Lipinski definition) is 7. The van der Waals surface area contributed by atoms with E-state index in [0.29, 0.717) is 55.2 Å². The highest BCUT2D eigenvalue weighted by Gasteiger charge is 2.35. The number of hydrogen-bond donors (Lipinski definition) is 0. The van der Waals surface area contributed by atoms with Gasteiger partial charge in [-0.15, -0.1) is 11.3 Å². The zero-order chi connectivity index (χ0) is 29.8. The predicted octanol–water partition coefficient (Wildman–Crippen LogP) is 4.75. The van der Waals surface area contributed by atoms with Crippen molar-refractivity contribution in [3.05, 3.63) is 62.8 Å². The summed E-state index contributed by atoms with van der Waals surface area (Å²) in [5, 5.41) is 0.848. The van der Waals surface area contributed by atoms with E-state index in [-0.39, 0.29) is 16.8 Å². The van der Waals surface area contributed by atoms with Gasteiger partial charge in [-0.1, -0.05) is 0 Å². The molecular weight excluding hydrogens is 574 g/mol. The van der Waals surface area contributed by atoms with Gasteiger partial charge in [-0.2, -0.15) is 4.31 Å². The minimum atomic E-state index is -3.74. The Morgan fingerprint density at radius 3 is 2.57 bits per heavy atom. The lowest BCUT2D eigenvalue weighted by atomic mass is 9.95. The van der Waals surface area contributed by atoms with Crippen molar-refractivity contribution in [2.75, 3.05) is 44.9 Å². The van der Waals surface area contributed by atoms with Gasteiger partial charge in [0, 0.05) is 47.0 Å². The number of ether oxygens (including phenoxy) is 2. The molecule has 0 spiro atoms. The van der Waals surface area contributed by atoms with E-state index < -0.39 is 10.0 Å². The molecule has 0 saturated carbocycles. The summed E-state index contributed by atoms with van der Waals surface area (Å²) in [6.07, 6.45) is 5.82. The first kappa shape index (κ1) is 28.9. The number of aryl methyl sites for hydroxylation is 2. The molecule has 0 N–H and O–H groups in total. The Kier molecular flexibility index (Phi) is 7.63. The monoisotopic (exact) mass is 609 g/mol. The number of carbonyl (C=O) groups is 2. The van der Waals surface area contributed by atoms with Gasteiger partial charge >= 0.3 is 5.97 Å². The predicted molar refractivity (Wildman–Crippen MR) is 163 cm³/mol. The van der Waals surface area contributed by atoms with E-state index in [1.807, 2.05) is 32.9 Å². The Bertz CT molecular complexity index is 1730. The van der Waals surface area contributed by atoms with E-state index in [1.165, 1.54) is 16.3 Å². The second-order valence-corrected chi connectivity index (χ2v) is 13.9. The fourth-order valence-electron chi connectivity index (χ4n) is 6.31. The second kappa shape index (κ2) is 11.1. The smallest absolute Gasteiger partial charge is 0.341 e. The Labute approximate surface area is 250 Å². The molecule has 2 aromatic heterocycles. The molecule has 2 aliphatic heterocycles. The van der Waals surface area contributed by atoms with Gasteiger partial charge in [-0.05, 0) is 87.9 Å². The number of amides is 1. The molecule has 1 fully saturated rings. The number of fused-ring (bicyclic) bond motifs is 2. The SMILES string of the molecule is CCN1C(=O)C(=Cc2cc(C)n(-c3sc4c(c3C(=O)OC)CCCC4)c2C)c2cc(S(=O)(=O)N3CCOCC3)ccc21. The number of thiophene rings is 1. The van der Waals surface area contributed by atoms with Crippen molar-refractivity contribution in [1.82, 2.24) is 8.87 Å². The van der Waals surface area contributed by atoms with Crippen LogP contribution >= 0.6 is 11.3 Å². The Balaban J connectivity index is 1.46. The van der Waals surface area contributed by atoms with E-state index in [0.717, 1.165) is 53.2 Å². The van der Waals surface area contributed by atoms with E-state index in [2.05, 4.69) is 4.57 Å². The average molecular weight is 610 g/mol. The highest BCUT2D eigenvalue weighted by molar-refractivity contribution is 7.89. The number of likely N-dealkylation sites (N-methyl/N-ethyl adjacent to an activating group) is 1. The van der Waals surface area contributed by atoms with Crippen molar-refractivity contribution in [3.8, 4) is 5.00 Å². The third kappa shape index (κ3) is 4.63. The number of esters is 1. The van der Waals surface area contributed by atoms with Crippen LogP contribution in [0.3, 0.4) is 0 Å². The summed E-state index contributed by atoms with van der Waals surface area (Å²) in [6.45, 7) is 7.65. The fourth-order valence-corrected chi connectivity index (χ4v) is 9.23. The van der Waals surface area contributed by atoms with Crippen LogP contribution in [0.25, 0.3) is 16.7 Å². The molecule has 42 heavy (non-hydrogen) atoms. The van der Waals surface area contributed by atoms with E-state index in [1.54, 1.807) is 34.4 Å². The van der Waals surface area contributed by atoms with Crippen molar-refractivity contribution in [2.45, 2.75) is 51.3 Å². The maximum absolute atomic E-state index is 13.7. The number of morpholine rings is 1. The first-order chi connectivity index (χ1) is 20.2. The molecule has 1 aliphatic carbocycles. The summed E-state index contributed by atoms with van der Waals surface area (Å²) >= 11 is 1.64. The zero-order valence-corrected chi connectivity index (χ0v) is 26.0. The number of sulfonamides is 1. The van der Waals surface area contributed by atoms with Crippen molar-refractivity contribution in [2.24, 2.45) is 0 Å². The van der Waals surface area contributed by atoms with Crippen molar-refractivity contribution in [3.63, 3.8) is 0 Å². The molecule has 222 valence electrons. The topological polar surface area (TPSA) is 98.2 Å². The van der Waals surface area contributed by atoms with Crippen LogP contribution in [-0.2, 0) is 37.1 Å². The molecule has 0 bridgehead atoms. The Hall–Kier alpha value is -3.25. The van der Waals surface area contributed by atoms with Gasteiger partial charge in [0.05, 0.1) is 36.5 Å². The van der Waals surface area contributed by atoms with Crippen LogP contribution in [-0.4, -0.2) is 69.1 Å². The van der Waals surface area contributed by atoms with Crippen molar-refractivity contribution in [1.29, 1.82) is 0 Å². The molecular formula is C31H35N3O6S2. The van der Waals surface area contributed by atoms with E-state index >= 15 is 0 Å². The third-order valence-corrected chi connectivity index (χ3v) is 11.6. The first-order valence-corrected chi connectivity index (χ1v) is 16.6. The number of anilines is 1. The maximum atomic E-state index is 13.7. The molecule has 0 unspecified atom stereocenters. The van der Waals surface area contributed by atoms with Crippen molar-refractivity contribution < 1.29 is 27.5 Å². The Morgan fingerprint density at radius 1 is 1.12 bits per heavy atom. The molecule has 9 nitrogen and oxygen atoms in total. The molecule has 1 aromatic carbocycles. The van der Waals surface area contributed by atoms with Crippen LogP contribution in [0.1, 0.15) is 63.1 Å². The van der Waals surface area contributed by atoms with Gasteiger partial charge < -0.3 is 18.9 Å². The van der Waals surface area contributed by atoms with Gasteiger partial charge in [-0.3, -0.25) is 4.79 Å². The van der Waals surface area contributed by atoms with E-state index in [4.69, 9.17) is 9.47 Å².